The monoisotopic (exact) mass is 348 g/mol. The van der Waals surface area contributed by atoms with Gasteiger partial charge >= 0.3 is 11.9 Å². The van der Waals surface area contributed by atoms with Gasteiger partial charge in [-0.05, 0) is 10.9 Å². The number of methoxy groups -OCH3 is 2. The first-order valence-electron chi connectivity index (χ1n) is 4.33. The first-order valence-corrected chi connectivity index (χ1v) is 6.30. The molecule has 0 unspecified atom stereocenters. The van der Waals surface area contributed by atoms with Crippen LogP contribution in [0.15, 0.2) is 0 Å². The zero-order valence-electron chi connectivity index (χ0n) is 9.25. The molecule has 0 saturated carbocycles. The van der Waals surface area contributed by atoms with Gasteiger partial charge in [-0.15, -0.1) is 0 Å². The molecule has 0 saturated heterocycles. The van der Waals surface area contributed by atoms with Gasteiger partial charge in [0.2, 0.25) is 0 Å². The van der Waals surface area contributed by atoms with Crippen LogP contribution in [-0.2, 0) is 30.0 Å². The minimum Gasteiger partial charge on any atom is -1.00 e. The smallest absolute Gasteiger partial charge is 0.310 e. The number of hydrogen-bond acceptors (Lipinski definition) is 4. The van der Waals surface area contributed by atoms with Gasteiger partial charge in [0.15, 0.2) is 0 Å². The van der Waals surface area contributed by atoms with Crippen LogP contribution >= 0.6 is 0 Å². The van der Waals surface area contributed by atoms with E-state index in [0.29, 0.717) is 12.8 Å². The first kappa shape index (κ1) is 17.4. The molecule has 4 nitrogen and oxygen atoms in total. The molecule has 0 spiro atoms. The molecule has 0 aliphatic heterocycles. The van der Waals surface area contributed by atoms with E-state index in [9.17, 15) is 9.59 Å². The van der Waals surface area contributed by atoms with Crippen LogP contribution in [0.25, 0.3) is 0 Å². The van der Waals surface area contributed by atoms with Crippen molar-refractivity contribution >= 4 is 22.8 Å². The molecule has 0 aromatic rings. The molecule has 0 rings (SSSR count). The topological polar surface area (TPSA) is 52.6 Å². The van der Waals surface area contributed by atoms with E-state index in [-0.39, 0.29) is 46.8 Å². The van der Waals surface area contributed by atoms with Crippen molar-refractivity contribution in [2.45, 2.75) is 12.8 Å². The van der Waals surface area contributed by atoms with Crippen LogP contribution < -0.4 is 24.0 Å². The third-order valence-electron chi connectivity index (χ3n) is 1.76. The van der Waals surface area contributed by atoms with Gasteiger partial charge in [-0.1, -0.05) is 0 Å². The van der Waals surface area contributed by atoms with Crippen molar-refractivity contribution in [2.24, 2.45) is 0 Å². The zero-order chi connectivity index (χ0) is 11.0. The summed E-state index contributed by atoms with van der Waals surface area (Å²) in [4.78, 5) is 21.6. The molecule has 0 aromatic heterocycles. The lowest BCUT2D eigenvalue weighted by Crippen LogP contribution is -3.00. The molecular formula is C9H17IO4S. The van der Waals surface area contributed by atoms with Crippen LogP contribution in [0.5, 0.6) is 0 Å². The number of halogens is 1. The Bertz CT molecular complexity index is 179. The Labute approximate surface area is 110 Å². The Morgan fingerprint density at radius 3 is 1.60 bits per heavy atom. The number of ether oxygens (including phenoxy) is 2. The van der Waals surface area contributed by atoms with E-state index < -0.39 is 0 Å². The largest absolute Gasteiger partial charge is 1.00 e. The van der Waals surface area contributed by atoms with Gasteiger partial charge in [0.25, 0.3) is 0 Å². The third-order valence-corrected chi connectivity index (χ3v) is 3.57. The average Bonchev–Trinajstić information content (AvgIpc) is 2.22. The van der Waals surface area contributed by atoms with Crippen molar-refractivity contribution in [3.8, 4) is 0 Å². The summed E-state index contributed by atoms with van der Waals surface area (Å²) in [7, 11) is 2.84. The second-order valence-electron chi connectivity index (χ2n) is 2.84. The molecule has 0 aliphatic rings. The average molecular weight is 348 g/mol. The molecule has 0 amide bonds. The lowest BCUT2D eigenvalue weighted by Gasteiger charge is -2.02. The summed E-state index contributed by atoms with van der Waals surface area (Å²) in [5.41, 5.74) is 0. The highest BCUT2D eigenvalue weighted by Crippen LogP contribution is 1.99. The maximum atomic E-state index is 10.8. The summed E-state index contributed by atoms with van der Waals surface area (Å²) >= 11 is 0. The number of carbonyl (C=O) groups is 2. The minimum absolute atomic E-state index is 0. The van der Waals surface area contributed by atoms with Gasteiger partial charge in [0, 0.05) is 0 Å². The predicted molar refractivity (Wildman–Crippen MR) is 56.3 cm³/mol. The Morgan fingerprint density at radius 1 is 1.00 bits per heavy atom. The van der Waals surface area contributed by atoms with Gasteiger partial charge in [-0.25, -0.2) is 0 Å². The molecule has 0 heterocycles. The Kier molecular flexibility index (Phi) is 12.2. The molecule has 0 N–H and O–H groups in total. The summed E-state index contributed by atoms with van der Waals surface area (Å²) in [5.74, 6) is 1.18. The van der Waals surface area contributed by atoms with Gasteiger partial charge in [0.1, 0.15) is 11.5 Å². The van der Waals surface area contributed by atoms with E-state index in [1.807, 2.05) is 6.26 Å². The highest BCUT2D eigenvalue weighted by Gasteiger charge is 2.16. The van der Waals surface area contributed by atoms with Crippen LogP contribution in [-0.4, -0.2) is 43.9 Å². The SMILES string of the molecule is COC(=O)CC[S+](C)CCC(=O)OC.[I-]. The summed E-state index contributed by atoms with van der Waals surface area (Å²) < 4.78 is 9.04. The Balaban J connectivity index is 0. The van der Waals surface area contributed by atoms with Crippen molar-refractivity contribution in [2.75, 3.05) is 32.0 Å². The Hall–Kier alpha value is 0.0200. The molecule has 90 valence electrons. The standard InChI is InChI=1S/C9H17O4S.HI/c1-12-8(10)4-6-14(3)7-5-9(11)13-2;/h4-7H2,1-3H3;1H/q+1;/p-1. The molecule has 0 atom stereocenters. The van der Waals surface area contributed by atoms with Crippen LogP contribution in [0.2, 0.25) is 0 Å². The second kappa shape index (κ2) is 10.5. The van der Waals surface area contributed by atoms with Crippen LogP contribution in [0.1, 0.15) is 12.8 Å². The molecule has 0 radical (unpaired) electrons. The molecular weight excluding hydrogens is 331 g/mol. The van der Waals surface area contributed by atoms with Crippen molar-refractivity contribution in [3.63, 3.8) is 0 Å². The van der Waals surface area contributed by atoms with Gasteiger partial charge in [0.05, 0.1) is 33.3 Å². The van der Waals surface area contributed by atoms with Crippen LogP contribution in [0.3, 0.4) is 0 Å². The number of carbonyl (C=O) groups excluding carboxylic acids is 2. The normalized spacial score (nSPS) is 9.33. The van der Waals surface area contributed by atoms with Crippen molar-refractivity contribution in [1.82, 2.24) is 0 Å². The van der Waals surface area contributed by atoms with E-state index >= 15 is 0 Å². The molecule has 0 aliphatic carbocycles. The number of hydrogen-bond donors (Lipinski definition) is 0. The van der Waals surface area contributed by atoms with Crippen molar-refractivity contribution in [1.29, 1.82) is 0 Å². The van der Waals surface area contributed by atoms with Gasteiger partial charge in [-0.2, -0.15) is 0 Å². The Morgan fingerprint density at radius 2 is 1.33 bits per heavy atom. The fraction of sp³-hybridized carbons (Fsp3) is 0.778. The minimum atomic E-state index is -0.192. The first-order chi connectivity index (χ1) is 6.60. The highest BCUT2D eigenvalue weighted by atomic mass is 127. The number of rotatable bonds is 6. The fourth-order valence-electron chi connectivity index (χ4n) is 0.821. The fourth-order valence-corrected chi connectivity index (χ4v) is 2.06. The summed E-state index contributed by atoms with van der Waals surface area (Å²) in [6.45, 7) is 0. The second-order valence-corrected chi connectivity index (χ2v) is 5.22. The quantitative estimate of drug-likeness (QED) is 0.299. The summed E-state index contributed by atoms with van der Waals surface area (Å²) in [5, 5.41) is 0. The molecule has 15 heavy (non-hydrogen) atoms. The van der Waals surface area contributed by atoms with Crippen molar-refractivity contribution < 1.29 is 43.0 Å². The van der Waals surface area contributed by atoms with E-state index in [1.54, 1.807) is 0 Å². The zero-order valence-corrected chi connectivity index (χ0v) is 12.2. The van der Waals surface area contributed by atoms with Crippen LogP contribution in [0.4, 0.5) is 0 Å². The van der Waals surface area contributed by atoms with Crippen molar-refractivity contribution in [3.05, 3.63) is 0 Å². The van der Waals surface area contributed by atoms with E-state index in [0.717, 1.165) is 11.5 Å². The molecule has 6 heteroatoms. The van der Waals surface area contributed by atoms with E-state index in [1.165, 1.54) is 14.2 Å². The highest BCUT2D eigenvalue weighted by molar-refractivity contribution is 7.96. The van der Waals surface area contributed by atoms with E-state index in [2.05, 4.69) is 9.47 Å². The molecule has 0 fully saturated rings. The van der Waals surface area contributed by atoms with Gasteiger partial charge in [-0.3, -0.25) is 9.59 Å². The van der Waals surface area contributed by atoms with Crippen LogP contribution in [0, 0.1) is 0 Å². The maximum absolute atomic E-state index is 10.8. The maximum Gasteiger partial charge on any atom is 0.310 e. The van der Waals surface area contributed by atoms with Gasteiger partial charge < -0.3 is 33.5 Å². The lowest BCUT2D eigenvalue weighted by molar-refractivity contribution is -0.140. The number of esters is 2. The van der Waals surface area contributed by atoms with E-state index in [4.69, 9.17) is 0 Å². The molecule has 0 aromatic carbocycles. The molecule has 0 bridgehead atoms. The predicted octanol–water partition coefficient (Wildman–Crippen LogP) is -2.64. The summed E-state index contributed by atoms with van der Waals surface area (Å²) in [6, 6.07) is 0. The summed E-state index contributed by atoms with van der Waals surface area (Å²) in [6.07, 6.45) is 2.89. The lowest BCUT2D eigenvalue weighted by atomic mass is 10.5. The third kappa shape index (κ3) is 10.3.